The molecule has 1 aromatic rings. The lowest BCUT2D eigenvalue weighted by Crippen LogP contribution is -1.93. The molecule has 0 amide bonds. The Morgan fingerprint density at radius 1 is 1.27 bits per heavy atom. The van der Waals surface area contributed by atoms with Gasteiger partial charge in [0.05, 0.1) is 0 Å². The van der Waals surface area contributed by atoms with Crippen LogP contribution < -0.4 is 5.73 Å². The van der Waals surface area contributed by atoms with Gasteiger partial charge in [-0.15, -0.1) is 11.8 Å². The van der Waals surface area contributed by atoms with Crippen molar-refractivity contribution in [3.63, 3.8) is 0 Å². The second-order valence-electron chi connectivity index (χ2n) is 3.39. The maximum atomic E-state index is 6.00. The molecule has 3 heteroatoms. The highest BCUT2D eigenvalue weighted by atomic mass is 32.2. The average molecular weight is 241 g/mol. The van der Waals surface area contributed by atoms with Gasteiger partial charge in [0.2, 0.25) is 0 Å². The molecule has 0 aliphatic carbocycles. The number of nitrogens with two attached hydrogens (primary N) is 1. The summed E-state index contributed by atoms with van der Waals surface area (Å²) in [6.45, 7) is 4.27. The first-order valence-corrected chi connectivity index (χ1v) is 7.45. The lowest BCUT2D eigenvalue weighted by Gasteiger charge is -2.07. The van der Waals surface area contributed by atoms with Crippen LogP contribution in [-0.4, -0.2) is 17.3 Å². The van der Waals surface area contributed by atoms with Gasteiger partial charge in [0, 0.05) is 10.6 Å². The van der Waals surface area contributed by atoms with E-state index in [9.17, 15) is 0 Å². The first kappa shape index (κ1) is 12.8. The quantitative estimate of drug-likeness (QED) is 0.466. The largest absolute Gasteiger partial charge is 0.398 e. The minimum Gasteiger partial charge on any atom is -0.398 e. The number of hydrogen-bond acceptors (Lipinski definition) is 3. The van der Waals surface area contributed by atoms with Gasteiger partial charge < -0.3 is 5.73 Å². The van der Waals surface area contributed by atoms with E-state index in [1.54, 1.807) is 0 Å². The zero-order chi connectivity index (χ0) is 11.1. The second-order valence-corrected chi connectivity index (χ2v) is 5.92. The number of rotatable bonds is 6. The number of benzene rings is 1. The van der Waals surface area contributed by atoms with E-state index in [0.717, 1.165) is 5.69 Å². The van der Waals surface area contributed by atoms with Crippen molar-refractivity contribution in [2.24, 2.45) is 0 Å². The Kier molecular flexibility index (Phi) is 6.03. The number of anilines is 1. The summed E-state index contributed by atoms with van der Waals surface area (Å²) in [7, 11) is 0. The molecule has 2 N–H and O–H groups in total. The molecule has 0 unspecified atom stereocenters. The molecule has 1 aromatic carbocycles. The Morgan fingerprint density at radius 2 is 2.07 bits per heavy atom. The van der Waals surface area contributed by atoms with Crippen LogP contribution in [0.3, 0.4) is 0 Å². The molecule has 0 atom stereocenters. The third kappa shape index (κ3) is 4.39. The third-order valence-electron chi connectivity index (χ3n) is 2.18. The van der Waals surface area contributed by atoms with Crippen LogP contribution in [0.4, 0.5) is 5.69 Å². The van der Waals surface area contributed by atoms with Crippen molar-refractivity contribution in [3.05, 3.63) is 23.8 Å². The van der Waals surface area contributed by atoms with Crippen molar-refractivity contribution in [1.82, 2.24) is 0 Å². The molecule has 0 aromatic heterocycles. The maximum absolute atomic E-state index is 6.00. The maximum Gasteiger partial charge on any atom is 0.0481 e. The standard InChI is InChI=1S/C12H19NS2/c1-3-14-8-5-9-15-11-7-4-6-10(2)12(11)13/h4,6-7H,3,5,8-9,13H2,1-2H3. The number of thioether (sulfide) groups is 2. The van der Waals surface area contributed by atoms with E-state index in [1.165, 1.54) is 34.1 Å². The van der Waals surface area contributed by atoms with E-state index in [-0.39, 0.29) is 0 Å². The van der Waals surface area contributed by atoms with Gasteiger partial charge >= 0.3 is 0 Å². The van der Waals surface area contributed by atoms with Gasteiger partial charge in [0.25, 0.3) is 0 Å². The molecule has 0 spiro atoms. The monoisotopic (exact) mass is 241 g/mol. The highest BCUT2D eigenvalue weighted by Crippen LogP contribution is 2.27. The Labute approximate surface area is 101 Å². The third-order valence-corrected chi connectivity index (χ3v) is 4.32. The summed E-state index contributed by atoms with van der Waals surface area (Å²) in [6.07, 6.45) is 1.26. The molecule has 0 radical (unpaired) electrons. The predicted molar refractivity (Wildman–Crippen MR) is 73.9 cm³/mol. The molecule has 0 aliphatic rings. The molecule has 0 saturated carbocycles. The van der Waals surface area contributed by atoms with Crippen LogP contribution in [-0.2, 0) is 0 Å². The Hall–Kier alpha value is -0.280. The fourth-order valence-corrected chi connectivity index (χ4v) is 3.09. The summed E-state index contributed by atoms with van der Waals surface area (Å²) >= 11 is 3.88. The van der Waals surface area contributed by atoms with Crippen LogP contribution in [0.5, 0.6) is 0 Å². The summed E-state index contributed by atoms with van der Waals surface area (Å²) < 4.78 is 0. The van der Waals surface area contributed by atoms with Crippen LogP contribution in [0.25, 0.3) is 0 Å². The number of para-hydroxylation sites is 1. The van der Waals surface area contributed by atoms with Crippen LogP contribution >= 0.6 is 23.5 Å². The van der Waals surface area contributed by atoms with Crippen molar-refractivity contribution in [3.8, 4) is 0 Å². The van der Waals surface area contributed by atoms with Crippen molar-refractivity contribution < 1.29 is 0 Å². The Bertz CT molecular complexity index is 300. The molecule has 15 heavy (non-hydrogen) atoms. The predicted octanol–water partition coefficient (Wildman–Crippen LogP) is 3.81. The smallest absolute Gasteiger partial charge is 0.0481 e. The molecule has 84 valence electrons. The molecule has 0 aliphatic heterocycles. The highest BCUT2D eigenvalue weighted by Gasteiger charge is 2.01. The zero-order valence-corrected chi connectivity index (χ0v) is 11.1. The van der Waals surface area contributed by atoms with Gasteiger partial charge in [-0.1, -0.05) is 19.1 Å². The Balaban J connectivity index is 2.34. The normalized spacial score (nSPS) is 10.5. The summed E-state index contributed by atoms with van der Waals surface area (Å²) in [4.78, 5) is 1.23. The van der Waals surface area contributed by atoms with Gasteiger partial charge in [0.1, 0.15) is 0 Å². The minimum atomic E-state index is 0.950. The van der Waals surface area contributed by atoms with E-state index in [0.29, 0.717) is 0 Å². The molecular weight excluding hydrogens is 222 g/mol. The van der Waals surface area contributed by atoms with Crippen LogP contribution in [0.1, 0.15) is 18.9 Å². The van der Waals surface area contributed by atoms with E-state index >= 15 is 0 Å². The highest BCUT2D eigenvalue weighted by molar-refractivity contribution is 8.00. The fraction of sp³-hybridized carbons (Fsp3) is 0.500. The fourth-order valence-electron chi connectivity index (χ4n) is 1.27. The van der Waals surface area contributed by atoms with E-state index in [2.05, 4.69) is 32.0 Å². The van der Waals surface area contributed by atoms with E-state index < -0.39 is 0 Å². The van der Waals surface area contributed by atoms with Gasteiger partial charge in [-0.25, -0.2) is 0 Å². The first-order chi connectivity index (χ1) is 7.25. The van der Waals surface area contributed by atoms with Gasteiger partial charge in [0.15, 0.2) is 0 Å². The summed E-state index contributed by atoms with van der Waals surface area (Å²) in [6, 6.07) is 6.25. The first-order valence-electron chi connectivity index (χ1n) is 5.31. The summed E-state index contributed by atoms with van der Waals surface area (Å²) in [5, 5.41) is 0. The molecule has 1 rings (SSSR count). The second kappa shape index (κ2) is 7.07. The van der Waals surface area contributed by atoms with Crippen molar-refractivity contribution >= 4 is 29.2 Å². The summed E-state index contributed by atoms with van der Waals surface area (Å²) in [5.74, 6) is 3.65. The number of hydrogen-bond donors (Lipinski definition) is 1. The molecule has 0 fully saturated rings. The van der Waals surface area contributed by atoms with Crippen LogP contribution in [0.15, 0.2) is 23.1 Å². The SMILES string of the molecule is CCSCCCSc1cccc(C)c1N. The van der Waals surface area contributed by atoms with Gasteiger partial charge in [-0.2, -0.15) is 11.8 Å². The van der Waals surface area contributed by atoms with Crippen molar-refractivity contribution in [1.29, 1.82) is 0 Å². The minimum absolute atomic E-state index is 0.950. The number of nitrogen functional groups attached to an aromatic ring is 1. The van der Waals surface area contributed by atoms with Crippen LogP contribution in [0, 0.1) is 6.92 Å². The average Bonchev–Trinajstić information content (AvgIpc) is 2.24. The molecule has 0 saturated heterocycles. The lowest BCUT2D eigenvalue weighted by atomic mass is 10.2. The summed E-state index contributed by atoms with van der Waals surface area (Å²) in [5.41, 5.74) is 8.13. The Morgan fingerprint density at radius 3 is 2.80 bits per heavy atom. The topological polar surface area (TPSA) is 26.0 Å². The van der Waals surface area contributed by atoms with E-state index in [4.69, 9.17) is 5.73 Å². The van der Waals surface area contributed by atoms with Gasteiger partial charge in [-0.3, -0.25) is 0 Å². The van der Waals surface area contributed by atoms with Crippen molar-refractivity contribution in [2.75, 3.05) is 23.0 Å². The molecule has 0 bridgehead atoms. The van der Waals surface area contributed by atoms with Crippen molar-refractivity contribution in [2.45, 2.75) is 25.2 Å². The van der Waals surface area contributed by atoms with Crippen LogP contribution in [0.2, 0.25) is 0 Å². The zero-order valence-electron chi connectivity index (χ0n) is 9.45. The lowest BCUT2D eigenvalue weighted by molar-refractivity contribution is 1.12. The molecule has 1 nitrogen and oxygen atoms in total. The molecular formula is C12H19NS2. The molecule has 0 heterocycles. The van der Waals surface area contributed by atoms with E-state index in [1.807, 2.05) is 23.5 Å². The van der Waals surface area contributed by atoms with Gasteiger partial charge in [-0.05, 0) is 42.2 Å². The number of aryl methyl sites for hydroxylation is 1.